The summed E-state index contributed by atoms with van der Waals surface area (Å²) in [4.78, 5) is 4.96. The zero-order chi connectivity index (χ0) is 23.8. The van der Waals surface area contributed by atoms with Crippen LogP contribution in [-0.4, -0.2) is 74.9 Å². The summed E-state index contributed by atoms with van der Waals surface area (Å²) in [6.45, 7) is 7.47. The van der Waals surface area contributed by atoms with Crippen molar-refractivity contribution in [1.82, 2.24) is 14.1 Å². The van der Waals surface area contributed by atoms with E-state index in [0.29, 0.717) is 19.6 Å². The SMILES string of the molecule is O=S(=O)(c1ccc(F)cc1)N1CCCN(Cc2ccc(OCCCN3CCCCC3)cc2)CC1. The molecule has 2 aromatic rings. The number of hydrogen-bond donors (Lipinski definition) is 0. The van der Waals surface area contributed by atoms with Crippen LogP contribution in [0.25, 0.3) is 0 Å². The normalized spacial score (nSPS) is 19.1. The molecule has 2 saturated heterocycles. The van der Waals surface area contributed by atoms with Crippen LogP contribution in [-0.2, 0) is 16.6 Å². The second-order valence-electron chi connectivity index (χ2n) is 9.24. The number of likely N-dealkylation sites (tertiary alicyclic amines) is 1. The zero-order valence-corrected chi connectivity index (χ0v) is 20.7. The highest BCUT2D eigenvalue weighted by Gasteiger charge is 2.27. The molecule has 0 N–H and O–H groups in total. The second kappa shape index (κ2) is 12.1. The molecule has 0 atom stereocenters. The van der Waals surface area contributed by atoms with Crippen molar-refractivity contribution >= 4 is 10.0 Å². The second-order valence-corrected chi connectivity index (χ2v) is 11.2. The third-order valence-corrected chi connectivity index (χ3v) is 8.58. The fraction of sp³-hybridized carbons (Fsp3) is 0.538. The monoisotopic (exact) mass is 489 g/mol. The molecule has 186 valence electrons. The van der Waals surface area contributed by atoms with E-state index in [0.717, 1.165) is 44.8 Å². The van der Waals surface area contributed by atoms with Gasteiger partial charge < -0.3 is 9.64 Å². The van der Waals surface area contributed by atoms with Crippen molar-refractivity contribution in [2.45, 2.75) is 43.5 Å². The number of piperidine rings is 1. The summed E-state index contributed by atoms with van der Waals surface area (Å²) < 4.78 is 46.5. The molecule has 0 aliphatic carbocycles. The Morgan fingerprint density at radius 1 is 0.765 bits per heavy atom. The summed E-state index contributed by atoms with van der Waals surface area (Å²) >= 11 is 0. The summed E-state index contributed by atoms with van der Waals surface area (Å²) in [5.41, 5.74) is 1.19. The van der Waals surface area contributed by atoms with Crippen LogP contribution in [0.1, 0.15) is 37.7 Å². The van der Waals surface area contributed by atoms with E-state index in [9.17, 15) is 12.8 Å². The van der Waals surface area contributed by atoms with Crippen molar-refractivity contribution in [2.75, 3.05) is 52.4 Å². The third kappa shape index (κ3) is 7.01. The highest BCUT2D eigenvalue weighted by molar-refractivity contribution is 7.89. The van der Waals surface area contributed by atoms with Gasteiger partial charge in [-0.1, -0.05) is 18.6 Å². The van der Waals surface area contributed by atoms with Gasteiger partial charge in [0.05, 0.1) is 11.5 Å². The van der Waals surface area contributed by atoms with Gasteiger partial charge in [0.25, 0.3) is 0 Å². The van der Waals surface area contributed by atoms with Gasteiger partial charge in [0, 0.05) is 32.7 Å². The Morgan fingerprint density at radius 3 is 2.21 bits per heavy atom. The zero-order valence-electron chi connectivity index (χ0n) is 19.9. The molecule has 4 rings (SSSR count). The minimum Gasteiger partial charge on any atom is -0.494 e. The van der Waals surface area contributed by atoms with Crippen LogP contribution in [0.5, 0.6) is 5.75 Å². The van der Waals surface area contributed by atoms with Crippen LogP contribution in [0.15, 0.2) is 53.4 Å². The van der Waals surface area contributed by atoms with E-state index in [1.807, 2.05) is 12.1 Å². The molecule has 0 unspecified atom stereocenters. The lowest BCUT2D eigenvalue weighted by Crippen LogP contribution is -2.35. The number of hydrogen-bond acceptors (Lipinski definition) is 5. The summed E-state index contributed by atoms with van der Waals surface area (Å²) in [7, 11) is -3.60. The first-order valence-electron chi connectivity index (χ1n) is 12.4. The molecule has 2 aromatic carbocycles. The molecular weight excluding hydrogens is 453 g/mol. The maximum atomic E-state index is 13.2. The summed E-state index contributed by atoms with van der Waals surface area (Å²) in [6, 6.07) is 13.3. The minimum atomic E-state index is -3.60. The average molecular weight is 490 g/mol. The highest BCUT2D eigenvalue weighted by Crippen LogP contribution is 2.20. The Kier molecular flexibility index (Phi) is 8.94. The van der Waals surface area contributed by atoms with Crippen molar-refractivity contribution in [1.29, 1.82) is 0 Å². The topological polar surface area (TPSA) is 53.1 Å². The fourth-order valence-corrected chi connectivity index (χ4v) is 6.18. The van der Waals surface area contributed by atoms with Crippen molar-refractivity contribution < 1.29 is 17.5 Å². The standard InChI is InChI=1S/C26H36FN3O3S/c27-24-8-12-26(13-9-24)34(31,32)30-18-4-16-29(19-20-30)22-23-6-10-25(11-7-23)33-21-5-17-28-14-2-1-3-15-28/h6-13H,1-5,14-22H2. The largest absolute Gasteiger partial charge is 0.494 e. The summed E-state index contributed by atoms with van der Waals surface area (Å²) in [6.07, 6.45) is 5.82. The molecule has 0 radical (unpaired) electrons. The maximum Gasteiger partial charge on any atom is 0.243 e. The molecule has 0 saturated carbocycles. The van der Waals surface area contributed by atoms with Crippen molar-refractivity contribution in [3.05, 3.63) is 59.9 Å². The van der Waals surface area contributed by atoms with Crippen molar-refractivity contribution in [2.24, 2.45) is 0 Å². The van der Waals surface area contributed by atoms with Gasteiger partial charge in [0.1, 0.15) is 11.6 Å². The van der Waals surface area contributed by atoms with E-state index in [4.69, 9.17) is 4.74 Å². The summed E-state index contributed by atoms with van der Waals surface area (Å²) in [5.74, 6) is 0.463. The number of nitrogens with zero attached hydrogens (tertiary/aromatic N) is 3. The van der Waals surface area contributed by atoms with Gasteiger partial charge >= 0.3 is 0 Å². The molecule has 2 heterocycles. The molecule has 2 fully saturated rings. The highest BCUT2D eigenvalue weighted by atomic mass is 32.2. The summed E-state index contributed by atoms with van der Waals surface area (Å²) in [5, 5.41) is 0. The molecule has 8 heteroatoms. The van der Waals surface area contributed by atoms with Crippen molar-refractivity contribution in [3.63, 3.8) is 0 Å². The van der Waals surface area contributed by atoms with E-state index in [1.54, 1.807) is 0 Å². The predicted molar refractivity (Wildman–Crippen MR) is 132 cm³/mol. The molecular formula is C26H36FN3O3S. The van der Waals surface area contributed by atoms with Gasteiger partial charge in [-0.15, -0.1) is 0 Å². The first-order chi connectivity index (χ1) is 16.5. The maximum absolute atomic E-state index is 13.2. The van der Waals surface area contributed by atoms with Gasteiger partial charge in [-0.05, 0) is 87.3 Å². The van der Waals surface area contributed by atoms with E-state index in [1.165, 1.54) is 66.5 Å². The molecule has 6 nitrogen and oxygen atoms in total. The van der Waals surface area contributed by atoms with Crippen LogP contribution >= 0.6 is 0 Å². The number of rotatable bonds is 9. The van der Waals surface area contributed by atoms with Crippen LogP contribution in [0.4, 0.5) is 4.39 Å². The first kappa shape index (κ1) is 25.1. The van der Waals surface area contributed by atoms with Crippen LogP contribution < -0.4 is 4.74 Å². The molecule has 0 amide bonds. The Labute approximate surface area is 203 Å². The van der Waals surface area contributed by atoms with Gasteiger partial charge in [0.15, 0.2) is 0 Å². The van der Waals surface area contributed by atoms with Gasteiger partial charge in [-0.25, -0.2) is 12.8 Å². The van der Waals surface area contributed by atoms with Crippen LogP contribution in [0.2, 0.25) is 0 Å². The lowest BCUT2D eigenvalue weighted by Gasteiger charge is -2.26. The Morgan fingerprint density at radius 2 is 1.47 bits per heavy atom. The van der Waals surface area contributed by atoms with Crippen LogP contribution in [0.3, 0.4) is 0 Å². The lowest BCUT2D eigenvalue weighted by atomic mass is 10.1. The molecule has 2 aliphatic rings. The quantitative estimate of drug-likeness (QED) is 0.499. The molecule has 0 aromatic heterocycles. The third-order valence-electron chi connectivity index (χ3n) is 6.66. The number of sulfonamides is 1. The minimum absolute atomic E-state index is 0.147. The van der Waals surface area contributed by atoms with E-state index >= 15 is 0 Å². The average Bonchev–Trinajstić information content (AvgIpc) is 3.10. The lowest BCUT2D eigenvalue weighted by molar-refractivity contribution is 0.205. The predicted octanol–water partition coefficient (Wildman–Crippen LogP) is 3.98. The molecule has 0 bridgehead atoms. The first-order valence-corrected chi connectivity index (χ1v) is 13.9. The van der Waals surface area contributed by atoms with E-state index in [2.05, 4.69) is 21.9 Å². The fourth-order valence-electron chi connectivity index (χ4n) is 4.71. The van der Waals surface area contributed by atoms with Gasteiger partial charge in [-0.2, -0.15) is 4.31 Å². The number of ether oxygens (including phenoxy) is 1. The van der Waals surface area contributed by atoms with Gasteiger partial charge in [-0.3, -0.25) is 4.90 Å². The number of benzene rings is 2. The molecule has 0 spiro atoms. The smallest absolute Gasteiger partial charge is 0.243 e. The van der Waals surface area contributed by atoms with Crippen molar-refractivity contribution in [3.8, 4) is 5.75 Å². The molecule has 2 aliphatic heterocycles. The number of halogens is 1. The van der Waals surface area contributed by atoms with E-state index in [-0.39, 0.29) is 4.90 Å². The Hall–Kier alpha value is -2.00. The van der Waals surface area contributed by atoms with Crippen LogP contribution in [0, 0.1) is 5.82 Å². The van der Waals surface area contributed by atoms with E-state index < -0.39 is 15.8 Å². The Balaban J connectivity index is 1.22. The molecule has 34 heavy (non-hydrogen) atoms. The Bertz CT molecular complexity index is 993. The van der Waals surface area contributed by atoms with Gasteiger partial charge in [0.2, 0.25) is 10.0 Å².